The van der Waals surface area contributed by atoms with Gasteiger partial charge >= 0.3 is 11.8 Å². The predicted molar refractivity (Wildman–Crippen MR) is 52.6 cm³/mol. The molecule has 0 saturated carbocycles. The summed E-state index contributed by atoms with van der Waals surface area (Å²) in [5.74, 6) is -1.32. The Morgan fingerprint density at radius 3 is 2.36 bits per heavy atom. The summed E-state index contributed by atoms with van der Waals surface area (Å²) in [5, 5.41) is 13.7. The van der Waals surface area contributed by atoms with E-state index in [2.05, 4.69) is 10.6 Å². The fourth-order valence-corrected chi connectivity index (χ4v) is 0.847. The van der Waals surface area contributed by atoms with Crippen molar-refractivity contribution < 1.29 is 14.7 Å². The largest absolute Gasteiger partial charge is 0.394 e. The molecule has 14 heavy (non-hydrogen) atoms. The van der Waals surface area contributed by atoms with Crippen molar-refractivity contribution in [2.75, 3.05) is 13.2 Å². The summed E-state index contributed by atoms with van der Waals surface area (Å²) in [4.78, 5) is 22.2. The highest BCUT2D eigenvalue weighted by molar-refractivity contribution is 6.35. The van der Waals surface area contributed by atoms with Crippen LogP contribution in [-0.4, -0.2) is 36.1 Å². The Hall–Kier alpha value is -1.10. The standard InChI is InChI=1S/C9H18N2O3/c1-3-5-10-8(13)9(14)11-7(4-2)6-12/h7,12H,3-6H2,1-2H3,(H,10,13)(H,11,14)/t7-/m1/s1. The van der Waals surface area contributed by atoms with Gasteiger partial charge in [0.05, 0.1) is 12.6 Å². The number of aliphatic hydroxyl groups is 1. The van der Waals surface area contributed by atoms with Gasteiger partial charge in [0.25, 0.3) is 0 Å². The quantitative estimate of drug-likeness (QED) is 0.521. The van der Waals surface area contributed by atoms with Gasteiger partial charge in [-0.2, -0.15) is 0 Å². The second-order valence-corrected chi connectivity index (χ2v) is 3.02. The molecule has 0 saturated heterocycles. The van der Waals surface area contributed by atoms with Crippen molar-refractivity contribution in [2.24, 2.45) is 0 Å². The summed E-state index contributed by atoms with van der Waals surface area (Å²) in [7, 11) is 0. The molecule has 0 unspecified atom stereocenters. The Labute approximate surface area is 83.9 Å². The molecule has 0 aromatic heterocycles. The normalized spacial score (nSPS) is 11.9. The van der Waals surface area contributed by atoms with E-state index in [0.29, 0.717) is 13.0 Å². The van der Waals surface area contributed by atoms with Crippen molar-refractivity contribution in [1.29, 1.82) is 0 Å². The second-order valence-electron chi connectivity index (χ2n) is 3.02. The molecular formula is C9H18N2O3. The van der Waals surface area contributed by atoms with Gasteiger partial charge in [-0.1, -0.05) is 13.8 Å². The van der Waals surface area contributed by atoms with Crippen LogP contribution in [0.25, 0.3) is 0 Å². The van der Waals surface area contributed by atoms with Gasteiger partial charge in [0.2, 0.25) is 0 Å². The van der Waals surface area contributed by atoms with Gasteiger partial charge in [0.1, 0.15) is 0 Å². The average Bonchev–Trinajstić information content (AvgIpc) is 2.21. The molecule has 0 aliphatic heterocycles. The van der Waals surface area contributed by atoms with Crippen LogP contribution < -0.4 is 10.6 Å². The molecule has 0 rings (SSSR count). The Morgan fingerprint density at radius 2 is 1.93 bits per heavy atom. The van der Waals surface area contributed by atoms with Crippen LogP contribution in [0.1, 0.15) is 26.7 Å². The van der Waals surface area contributed by atoms with Gasteiger partial charge in [0.15, 0.2) is 0 Å². The van der Waals surface area contributed by atoms with Crippen molar-refractivity contribution in [1.82, 2.24) is 10.6 Å². The Balaban J connectivity index is 3.87. The molecule has 5 nitrogen and oxygen atoms in total. The maximum Gasteiger partial charge on any atom is 0.309 e. The molecule has 5 heteroatoms. The average molecular weight is 202 g/mol. The molecule has 0 spiro atoms. The Morgan fingerprint density at radius 1 is 1.29 bits per heavy atom. The molecule has 0 aliphatic carbocycles. The van der Waals surface area contributed by atoms with Gasteiger partial charge in [0, 0.05) is 6.54 Å². The summed E-state index contributed by atoms with van der Waals surface area (Å²) in [5.41, 5.74) is 0. The van der Waals surface area contributed by atoms with Crippen LogP contribution in [0.5, 0.6) is 0 Å². The highest BCUT2D eigenvalue weighted by atomic mass is 16.3. The zero-order valence-electron chi connectivity index (χ0n) is 8.67. The Bertz CT molecular complexity index is 190. The lowest BCUT2D eigenvalue weighted by Crippen LogP contribution is -2.45. The summed E-state index contributed by atoms with van der Waals surface area (Å²) in [6, 6.07) is -0.338. The van der Waals surface area contributed by atoms with Gasteiger partial charge in [-0.05, 0) is 12.8 Å². The molecule has 1 atom stereocenters. The van der Waals surface area contributed by atoms with E-state index in [4.69, 9.17) is 5.11 Å². The van der Waals surface area contributed by atoms with Crippen molar-refractivity contribution >= 4 is 11.8 Å². The highest BCUT2D eigenvalue weighted by Gasteiger charge is 2.15. The van der Waals surface area contributed by atoms with Gasteiger partial charge < -0.3 is 15.7 Å². The fraction of sp³-hybridized carbons (Fsp3) is 0.778. The number of amides is 2. The van der Waals surface area contributed by atoms with E-state index >= 15 is 0 Å². The van der Waals surface area contributed by atoms with E-state index in [1.807, 2.05) is 13.8 Å². The minimum Gasteiger partial charge on any atom is -0.394 e. The second kappa shape index (κ2) is 7.32. The lowest BCUT2D eigenvalue weighted by atomic mass is 10.2. The van der Waals surface area contributed by atoms with E-state index in [1.54, 1.807) is 0 Å². The zero-order valence-corrected chi connectivity index (χ0v) is 8.67. The van der Waals surface area contributed by atoms with E-state index in [1.165, 1.54) is 0 Å². The third-order valence-electron chi connectivity index (χ3n) is 1.79. The summed E-state index contributed by atoms with van der Waals surface area (Å²) in [6.07, 6.45) is 1.39. The first-order valence-corrected chi connectivity index (χ1v) is 4.85. The SMILES string of the molecule is CCCNC(=O)C(=O)N[C@H](CC)CO. The number of hydrogen-bond acceptors (Lipinski definition) is 3. The van der Waals surface area contributed by atoms with Crippen molar-refractivity contribution in [3.8, 4) is 0 Å². The summed E-state index contributed by atoms with van der Waals surface area (Å²) in [6.45, 7) is 4.07. The number of aliphatic hydroxyl groups excluding tert-OH is 1. The van der Waals surface area contributed by atoms with Crippen molar-refractivity contribution in [3.05, 3.63) is 0 Å². The van der Waals surface area contributed by atoms with Gasteiger partial charge in [-0.15, -0.1) is 0 Å². The van der Waals surface area contributed by atoms with E-state index < -0.39 is 11.8 Å². The smallest absolute Gasteiger partial charge is 0.309 e. The molecule has 2 amide bonds. The first kappa shape index (κ1) is 12.9. The first-order valence-electron chi connectivity index (χ1n) is 4.85. The molecule has 0 radical (unpaired) electrons. The number of nitrogens with one attached hydrogen (secondary N) is 2. The number of rotatable bonds is 5. The lowest BCUT2D eigenvalue weighted by Gasteiger charge is -2.13. The summed E-state index contributed by atoms with van der Waals surface area (Å²) >= 11 is 0. The van der Waals surface area contributed by atoms with Crippen LogP contribution >= 0.6 is 0 Å². The van der Waals surface area contributed by atoms with Crippen LogP contribution in [0.15, 0.2) is 0 Å². The fourth-order valence-electron chi connectivity index (χ4n) is 0.847. The van der Waals surface area contributed by atoms with Crippen molar-refractivity contribution in [3.63, 3.8) is 0 Å². The molecule has 0 heterocycles. The minimum absolute atomic E-state index is 0.150. The van der Waals surface area contributed by atoms with Gasteiger partial charge in [-0.3, -0.25) is 9.59 Å². The molecule has 82 valence electrons. The highest BCUT2D eigenvalue weighted by Crippen LogP contribution is 1.88. The van der Waals surface area contributed by atoms with Crippen molar-refractivity contribution in [2.45, 2.75) is 32.7 Å². The minimum atomic E-state index is -0.681. The third-order valence-corrected chi connectivity index (χ3v) is 1.79. The topological polar surface area (TPSA) is 78.4 Å². The van der Waals surface area contributed by atoms with Crippen LogP contribution in [0.4, 0.5) is 0 Å². The first-order chi connectivity index (χ1) is 6.65. The number of carbonyl (C=O) groups excluding carboxylic acids is 2. The Kier molecular flexibility index (Phi) is 6.74. The molecule has 0 bridgehead atoms. The predicted octanol–water partition coefficient (Wildman–Crippen LogP) is -0.600. The third kappa shape index (κ3) is 4.81. The monoisotopic (exact) mass is 202 g/mol. The van der Waals surface area contributed by atoms with E-state index in [9.17, 15) is 9.59 Å². The van der Waals surface area contributed by atoms with E-state index in [0.717, 1.165) is 6.42 Å². The number of hydrogen-bond donors (Lipinski definition) is 3. The molecule has 0 aromatic carbocycles. The molecule has 0 aliphatic rings. The molecule has 0 aromatic rings. The van der Waals surface area contributed by atoms with Crippen LogP contribution in [0.2, 0.25) is 0 Å². The molecular weight excluding hydrogens is 184 g/mol. The zero-order chi connectivity index (χ0) is 11.0. The maximum atomic E-state index is 11.1. The molecule has 0 fully saturated rings. The van der Waals surface area contributed by atoms with Crippen LogP contribution in [0.3, 0.4) is 0 Å². The maximum absolute atomic E-state index is 11.1. The van der Waals surface area contributed by atoms with Gasteiger partial charge in [-0.25, -0.2) is 0 Å². The van der Waals surface area contributed by atoms with Crippen LogP contribution in [0, 0.1) is 0 Å². The van der Waals surface area contributed by atoms with E-state index in [-0.39, 0.29) is 12.6 Å². The molecule has 3 N–H and O–H groups in total. The van der Waals surface area contributed by atoms with Crippen LogP contribution in [-0.2, 0) is 9.59 Å². The lowest BCUT2D eigenvalue weighted by molar-refractivity contribution is -0.139. The number of carbonyl (C=O) groups is 2. The summed E-state index contributed by atoms with van der Waals surface area (Å²) < 4.78 is 0.